The molecule has 0 aliphatic rings. The van der Waals surface area contributed by atoms with Gasteiger partial charge >= 0.3 is 0 Å². The molecule has 0 spiro atoms. The molecule has 0 N–H and O–H groups in total. The van der Waals surface area contributed by atoms with Crippen LogP contribution in [0.1, 0.15) is 12.0 Å². The van der Waals surface area contributed by atoms with E-state index in [0.29, 0.717) is 0 Å². The Morgan fingerprint density at radius 2 is 1.67 bits per heavy atom. The number of hydrogen-bond donors (Lipinski definition) is 0. The van der Waals surface area contributed by atoms with Crippen molar-refractivity contribution in [2.45, 2.75) is 12.8 Å². The smallest absolute Gasteiger partial charge is 0.0226 e. The van der Waals surface area contributed by atoms with Gasteiger partial charge in [-0.2, -0.15) is 0 Å². The first-order chi connectivity index (χ1) is 5.72. The molecule has 0 atom stereocenters. The quantitative estimate of drug-likeness (QED) is 0.727. The van der Waals surface area contributed by atoms with E-state index in [1.807, 2.05) is 6.07 Å². The molecule has 1 aromatic carbocycles. The molecule has 0 fully saturated rings. The Morgan fingerprint density at radius 1 is 1.08 bits per heavy atom. The van der Waals surface area contributed by atoms with E-state index < -0.39 is 0 Å². The third kappa shape index (κ3) is 3.46. The van der Waals surface area contributed by atoms with Crippen molar-refractivity contribution < 1.29 is 0 Å². The lowest BCUT2D eigenvalue weighted by Gasteiger charge is -2.01. The van der Waals surface area contributed by atoms with E-state index in [2.05, 4.69) is 44.0 Å². The molecule has 1 rings (SSSR count). The maximum atomic E-state index is 5.61. The minimum atomic E-state index is 0.726. The normalized spacial score (nSPS) is 10.2. The van der Waals surface area contributed by atoms with Gasteiger partial charge in [-0.15, -0.1) is 11.6 Å². The lowest BCUT2D eigenvalue weighted by atomic mass is 10.1. The molecule has 0 radical (unpaired) electrons. The first kappa shape index (κ1) is 10.6. The van der Waals surface area contributed by atoms with Crippen LogP contribution in [0.15, 0.2) is 27.1 Å². The van der Waals surface area contributed by atoms with Gasteiger partial charge in [0, 0.05) is 14.8 Å². The zero-order valence-corrected chi connectivity index (χ0v) is 10.4. The van der Waals surface area contributed by atoms with Crippen molar-refractivity contribution in [1.29, 1.82) is 0 Å². The van der Waals surface area contributed by atoms with Crippen molar-refractivity contribution in [2.75, 3.05) is 5.88 Å². The molecule has 0 aliphatic carbocycles. The summed E-state index contributed by atoms with van der Waals surface area (Å²) in [5, 5.41) is 0. The highest BCUT2D eigenvalue weighted by Crippen LogP contribution is 2.20. The van der Waals surface area contributed by atoms with Gasteiger partial charge in [0.15, 0.2) is 0 Å². The highest BCUT2D eigenvalue weighted by molar-refractivity contribution is 9.11. The summed E-state index contributed by atoms with van der Waals surface area (Å²) in [7, 11) is 0. The van der Waals surface area contributed by atoms with Gasteiger partial charge in [-0.25, -0.2) is 0 Å². The van der Waals surface area contributed by atoms with Crippen LogP contribution >= 0.6 is 43.5 Å². The van der Waals surface area contributed by atoms with E-state index in [1.165, 1.54) is 5.56 Å². The Labute approximate surface area is 94.6 Å². The van der Waals surface area contributed by atoms with E-state index >= 15 is 0 Å². The Morgan fingerprint density at radius 3 is 2.17 bits per heavy atom. The number of rotatable bonds is 3. The Bertz CT molecular complexity index is 240. The van der Waals surface area contributed by atoms with Gasteiger partial charge in [-0.3, -0.25) is 0 Å². The predicted octanol–water partition coefficient (Wildman–Crippen LogP) is 4.38. The summed E-state index contributed by atoms with van der Waals surface area (Å²) in [6.07, 6.45) is 2.08. The fraction of sp³-hybridized carbons (Fsp3) is 0.333. The van der Waals surface area contributed by atoms with E-state index in [9.17, 15) is 0 Å². The number of alkyl halides is 1. The lowest BCUT2D eigenvalue weighted by molar-refractivity contribution is 0.927. The maximum Gasteiger partial charge on any atom is 0.0226 e. The molecule has 12 heavy (non-hydrogen) atoms. The third-order valence-corrected chi connectivity index (χ3v) is 2.70. The van der Waals surface area contributed by atoms with Gasteiger partial charge in [-0.1, -0.05) is 31.9 Å². The third-order valence-electron chi connectivity index (χ3n) is 1.52. The van der Waals surface area contributed by atoms with Gasteiger partial charge < -0.3 is 0 Å². The molecule has 1 aromatic rings. The first-order valence-corrected chi connectivity index (χ1v) is 5.85. The Hall–Kier alpha value is 0.470. The average molecular weight is 312 g/mol. The maximum absolute atomic E-state index is 5.61. The second-order valence-corrected chi connectivity index (χ2v) is 4.78. The van der Waals surface area contributed by atoms with E-state index in [-0.39, 0.29) is 0 Å². The van der Waals surface area contributed by atoms with Gasteiger partial charge in [-0.05, 0) is 36.6 Å². The molecule has 3 heteroatoms. The summed E-state index contributed by atoms with van der Waals surface area (Å²) in [4.78, 5) is 0. The minimum absolute atomic E-state index is 0.726. The second-order valence-electron chi connectivity index (χ2n) is 2.57. The van der Waals surface area contributed by atoms with Crippen LogP contribution in [-0.4, -0.2) is 5.88 Å². The molecular formula is C9H9Br2Cl. The van der Waals surface area contributed by atoms with Crippen LogP contribution in [0.25, 0.3) is 0 Å². The van der Waals surface area contributed by atoms with E-state index in [4.69, 9.17) is 11.6 Å². The van der Waals surface area contributed by atoms with Crippen molar-refractivity contribution in [1.82, 2.24) is 0 Å². The lowest BCUT2D eigenvalue weighted by Crippen LogP contribution is -1.86. The zero-order chi connectivity index (χ0) is 8.97. The highest BCUT2D eigenvalue weighted by Gasteiger charge is 1.96. The zero-order valence-electron chi connectivity index (χ0n) is 6.49. The highest BCUT2D eigenvalue weighted by atomic mass is 79.9. The number of halogens is 3. The van der Waals surface area contributed by atoms with Crippen molar-refractivity contribution in [3.63, 3.8) is 0 Å². The van der Waals surface area contributed by atoms with Gasteiger partial charge in [0.05, 0.1) is 0 Å². The molecule has 0 saturated heterocycles. The van der Waals surface area contributed by atoms with Crippen LogP contribution in [0, 0.1) is 0 Å². The monoisotopic (exact) mass is 310 g/mol. The summed E-state index contributed by atoms with van der Waals surface area (Å²) in [5.74, 6) is 0.726. The fourth-order valence-electron chi connectivity index (χ4n) is 1.03. The SMILES string of the molecule is ClCCCc1cc(Br)cc(Br)c1. The molecule has 0 unspecified atom stereocenters. The minimum Gasteiger partial charge on any atom is -0.127 e. The summed E-state index contributed by atoms with van der Waals surface area (Å²) in [5.41, 5.74) is 1.32. The second kappa shape index (κ2) is 5.25. The Balaban J connectivity index is 2.72. The van der Waals surface area contributed by atoms with Gasteiger partial charge in [0.2, 0.25) is 0 Å². The van der Waals surface area contributed by atoms with Crippen molar-refractivity contribution in [3.05, 3.63) is 32.7 Å². The molecule has 0 bridgehead atoms. The van der Waals surface area contributed by atoms with Crippen LogP contribution in [0.2, 0.25) is 0 Å². The summed E-state index contributed by atoms with van der Waals surface area (Å²) in [6, 6.07) is 6.28. The van der Waals surface area contributed by atoms with Gasteiger partial charge in [0.1, 0.15) is 0 Å². The largest absolute Gasteiger partial charge is 0.127 e. The van der Waals surface area contributed by atoms with Crippen molar-refractivity contribution >= 4 is 43.5 Å². The fourth-order valence-corrected chi connectivity index (χ4v) is 2.55. The standard InChI is InChI=1S/C9H9Br2Cl/c10-8-4-7(2-1-3-12)5-9(11)6-8/h4-6H,1-3H2. The molecule has 0 nitrogen and oxygen atoms in total. The molecule has 0 saturated carbocycles. The van der Waals surface area contributed by atoms with Gasteiger partial charge in [0.25, 0.3) is 0 Å². The van der Waals surface area contributed by atoms with Crippen LogP contribution in [0.3, 0.4) is 0 Å². The van der Waals surface area contributed by atoms with E-state index in [1.54, 1.807) is 0 Å². The predicted molar refractivity (Wildman–Crippen MR) is 60.9 cm³/mol. The topological polar surface area (TPSA) is 0 Å². The van der Waals surface area contributed by atoms with Crippen LogP contribution < -0.4 is 0 Å². The van der Waals surface area contributed by atoms with Crippen LogP contribution in [0.5, 0.6) is 0 Å². The van der Waals surface area contributed by atoms with E-state index in [0.717, 1.165) is 27.7 Å². The summed E-state index contributed by atoms with van der Waals surface area (Å²) >= 11 is 12.5. The van der Waals surface area contributed by atoms with Crippen LogP contribution in [-0.2, 0) is 6.42 Å². The molecule has 66 valence electrons. The number of hydrogen-bond acceptors (Lipinski definition) is 0. The average Bonchev–Trinajstić information content (AvgIpc) is 1.99. The van der Waals surface area contributed by atoms with Crippen LogP contribution in [0.4, 0.5) is 0 Å². The summed E-state index contributed by atoms with van der Waals surface area (Å²) < 4.78 is 2.22. The first-order valence-electron chi connectivity index (χ1n) is 3.73. The molecule has 0 heterocycles. The number of benzene rings is 1. The molecule has 0 amide bonds. The van der Waals surface area contributed by atoms with Crippen molar-refractivity contribution in [2.24, 2.45) is 0 Å². The molecule has 0 aromatic heterocycles. The van der Waals surface area contributed by atoms with Crippen molar-refractivity contribution in [3.8, 4) is 0 Å². The Kier molecular flexibility index (Phi) is 4.62. The summed E-state index contributed by atoms with van der Waals surface area (Å²) in [6.45, 7) is 0. The number of aryl methyl sites for hydroxylation is 1. The molecule has 0 aliphatic heterocycles. The molecular weight excluding hydrogens is 303 g/mol.